The number of alkyl halides is 6. The summed E-state index contributed by atoms with van der Waals surface area (Å²) in [5, 5.41) is 8.70. The van der Waals surface area contributed by atoms with Crippen LogP contribution in [0.25, 0.3) is 0 Å². The van der Waals surface area contributed by atoms with Gasteiger partial charge in [-0.1, -0.05) is 6.58 Å². The van der Waals surface area contributed by atoms with Crippen molar-refractivity contribution in [3.63, 3.8) is 0 Å². The van der Waals surface area contributed by atoms with E-state index in [0.717, 1.165) is 0 Å². The highest BCUT2D eigenvalue weighted by molar-refractivity contribution is 5.87. The standard InChI is InChI=1S/C10H12F6O3/c1-5(2)8(18)19-6(4-17)3-7(9(11,12)13)10(14,15)16/h6-7,17H,1,3-4H2,2H3. The van der Waals surface area contributed by atoms with Crippen molar-refractivity contribution in [1.82, 2.24) is 0 Å². The van der Waals surface area contributed by atoms with Gasteiger partial charge in [-0.25, -0.2) is 4.79 Å². The lowest BCUT2D eigenvalue weighted by atomic mass is 10.0. The molecular weight excluding hydrogens is 282 g/mol. The van der Waals surface area contributed by atoms with Crippen LogP contribution < -0.4 is 0 Å². The summed E-state index contributed by atoms with van der Waals surface area (Å²) in [7, 11) is 0. The highest BCUT2D eigenvalue weighted by atomic mass is 19.4. The van der Waals surface area contributed by atoms with E-state index in [9.17, 15) is 31.1 Å². The van der Waals surface area contributed by atoms with E-state index < -0.39 is 43.4 Å². The molecule has 1 atom stereocenters. The molecule has 0 saturated carbocycles. The fraction of sp³-hybridized carbons (Fsp3) is 0.700. The summed E-state index contributed by atoms with van der Waals surface area (Å²) in [6, 6.07) is 0. The Kier molecular flexibility index (Phi) is 5.85. The largest absolute Gasteiger partial charge is 0.457 e. The molecule has 0 heterocycles. The van der Waals surface area contributed by atoms with Crippen LogP contribution >= 0.6 is 0 Å². The minimum absolute atomic E-state index is 0.200. The maximum absolute atomic E-state index is 12.2. The van der Waals surface area contributed by atoms with Crippen molar-refractivity contribution in [2.24, 2.45) is 5.92 Å². The molecular formula is C10H12F6O3. The lowest BCUT2D eigenvalue weighted by Gasteiger charge is -2.26. The van der Waals surface area contributed by atoms with Crippen molar-refractivity contribution in [2.45, 2.75) is 31.8 Å². The summed E-state index contributed by atoms with van der Waals surface area (Å²) < 4.78 is 77.8. The summed E-state index contributed by atoms with van der Waals surface area (Å²) in [5.41, 5.74) is -0.200. The summed E-state index contributed by atoms with van der Waals surface area (Å²) >= 11 is 0. The van der Waals surface area contributed by atoms with Crippen LogP contribution in [0.3, 0.4) is 0 Å². The first-order valence-electron chi connectivity index (χ1n) is 5.00. The third kappa shape index (κ3) is 5.95. The third-order valence-corrected chi connectivity index (χ3v) is 2.11. The Hall–Kier alpha value is -1.25. The van der Waals surface area contributed by atoms with Crippen LogP contribution in [-0.4, -0.2) is 36.1 Å². The van der Waals surface area contributed by atoms with Crippen LogP contribution in [0.5, 0.6) is 0 Å². The van der Waals surface area contributed by atoms with E-state index in [2.05, 4.69) is 11.3 Å². The van der Waals surface area contributed by atoms with E-state index in [1.807, 2.05) is 0 Å². The fourth-order valence-electron chi connectivity index (χ4n) is 1.13. The molecule has 0 aromatic carbocycles. The van der Waals surface area contributed by atoms with Crippen LogP contribution in [0.15, 0.2) is 12.2 Å². The molecule has 3 nitrogen and oxygen atoms in total. The van der Waals surface area contributed by atoms with Crippen molar-refractivity contribution in [2.75, 3.05) is 6.61 Å². The second-order valence-electron chi connectivity index (χ2n) is 3.86. The molecule has 19 heavy (non-hydrogen) atoms. The molecule has 1 unspecified atom stereocenters. The van der Waals surface area contributed by atoms with Crippen molar-refractivity contribution in [1.29, 1.82) is 0 Å². The summed E-state index contributed by atoms with van der Waals surface area (Å²) in [5.74, 6) is -4.84. The number of aliphatic hydroxyl groups excluding tert-OH is 1. The summed E-state index contributed by atoms with van der Waals surface area (Å²) in [6.07, 6.45) is -14.6. The first-order valence-corrected chi connectivity index (χ1v) is 5.00. The number of ether oxygens (including phenoxy) is 1. The van der Waals surface area contributed by atoms with Crippen molar-refractivity contribution >= 4 is 5.97 Å². The van der Waals surface area contributed by atoms with Gasteiger partial charge in [0.2, 0.25) is 0 Å². The lowest BCUT2D eigenvalue weighted by molar-refractivity contribution is -0.290. The van der Waals surface area contributed by atoms with Crippen molar-refractivity contribution < 1.29 is 41.0 Å². The zero-order chi connectivity index (χ0) is 15.4. The van der Waals surface area contributed by atoms with E-state index in [4.69, 9.17) is 5.11 Å². The smallest absolute Gasteiger partial charge is 0.400 e. The maximum Gasteiger partial charge on any atom is 0.400 e. The highest BCUT2D eigenvalue weighted by Crippen LogP contribution is 2.42. The first kappa shape index (κ1) is 17.8. The van der Waals surface area contributed by atoms with Gasteiger partial charge in [-0.05, 0) is 6.92 Å². The number of halogens is 6. The molecule has 0 spiro atoms. The third-order valence-electron chi connectivity index (χ3n) is 2.11. The molecule has 0 fully saturated rings. The number of hydrogen-bond donors (Lipinski definition) is 1. The quantitative estimate of drug-likeness (QED) is 0.481. The Morgan fingerprint density at radius 1 is 1.21 bits per heavy atom. The predicted molar refractivity (Wildman–Crippen MR) is 52.0 cm³/mol. The van der Waals surface area contributed by atoms with Gasteiger partial charge in [0.25, 0.3) is 0 Å². The van der Waals surface area contributed by atoms with Gasteiger partial charge in [0.1, 0.15) is 6.10 Å². The minimum Gasteiger partial charge on any atom is -0.457 e. The zero-order valence-electron chi connectivity index (χ0n) is 9.81. The van der Waals surface area contributed by atoms with E-state index in [-0.39, 0.29) is 5.57 Å². The van der Waals surface area contributed by atoms with E-state index in [0.29, 0.717) is 0 Å². The van der Waals surface area contributed by atoms with Gasteiger partial charge in [0, 0.05) is 12.0 Å². The fourth-order valence-corrected chi connectivity index (χ4v) is 1.13. The number of rotatable bonds is 5. The van der Waals surface area contributed by atoms with E-state index in [1.165, 1.54) is 6.92 Å². The molecule has 0 bridgehead atoms. The Morgan fingerprint density at radius 3 is 1.89 bits per heavy atom. The number of aliphatic hydroxyl groups is 1. The summed E-state index contributed by atoms with van der Waals surface area (Å²) in [4.78, 5) is 11.0. The second kappa shape index (κ2) is 6.27. The van der Waals surface area contributed by atoms with Crippen molar-refractivity contribution in [3.05, 3.63) is 12.2 Å². The number of carbonyl (C=O) groups is 1. The minimum atomic E-state index is -5.54. The van der Waals surface area contributed by atoms with Gasteiger partial charge in [-0.3, -0.25) is 0 Å². The average Bonchev–Trinajstić information content (AvgIpc) is 2.19. The van der Waals surface area contributed by atoms with Gasteiger partial charge >= 0.3 is 18.3 Å². The topological polar surface area (TPSA) is 46.5 Å². The molecule has 0 radical (unpaired) electrons. The molecule has 0 aliphatic heterocycles. The van der Waals surface area contributed by atoms with Crippen molar-refractivity contribution in [3.8, 4) is 0 Å². The monoisotopic (exact) mass is 294 g/mol. The number of esters is 1. The van der Waals surface area contributed by atoms with Gasteiger partial charge in [-0.2, -0.15) is 26.3 Å². The molecule has 0 aliphatic carbocycles. The van der Waals surface area contributed by atoms with Crippen LogP contribution in [0.2, 0.25) is 0 Å². The predicted octanol–water partition coefficient (Wildman–Crippen LogP) is 2.60. The molecule has 9 heteroatoms. The van der Waals surface area contributed by atoms with Crippen LogP contribution in [0, 0.1) is 5.92 Å². The molecule has 0 aliphatic rings. The molecule has 0 aromatic rings. The Labute approximate surface area is 104 Å². The first-order chi connectivity index (χ1) is 8.39. The van der Waals surface area contributed by atoms with E-state index in [1.54, 1.807) is 0 Å². The van der Waals surface area contributed by atoms with Gasteiger partial charge in [-0.15, -0.1) is 0 Å². The lowest BCUT2D eigenvalue weighted by Crippen LogP contribution is -2.40. The number of carbonyl (C=O) groups excluding carboxylic acids is 1. The zero-order valence-corrected chi connectivity index (χ0v) is 9.81. The molecule has 0 aromatic heterocycles. The van der Waals surface area contributed by atoms with Gasteiger partial charge < -0.3 is 9.84 Å². The van der Waals surface area contributed by atoms with Crippen LogP contribution in [0.4, 0.5) is 26.3 Å². The molecule has 0 saturated heterocycles. The van der Waals surface area contributed by atoms with Gasteiger partial charge in [0.15, 0.2) is 5.92 Å². The second-order valence-corrected chi connectivity index (χ2v) is 3.86. The average molecular weight is 294 g/mol. The molecule has 1 N–H and O–H groups in total. The molecule has 0 amide bonds. The summed E-state index contributed by atoms with van der Waals surface area (Å²) in [6.45, 7) is 3.14. The van der Waals surface area contributed by atoms with Gasteiger partial charge in [0.05, 0.1) is 6.61 Å². The Morgan fingerprint density at radius 2 is 1.63 bits per heavy atom. The number of hydrogen-bond acceptors (Lipinski definition) is 3. The maximum atomic E-state index is 12.2. The highest BCUT2D eigenvalue weighted by Gasteiger charge is 2.57. The Bertz CT molecular complexity index is 319. The molecule has 112 valence electrons. The Balaban J connectivity index is 4.91. The van der Waals surface area contributed by atoms with Crippen LogP contribution in [0.1, 0.15) is 13.3 Å². The SMILES string of the molecule is C=C(C)C(=O)OC(CO)CC(C(F)(F)F)C(F)(F)F. The molecule has 0 rings (SSSR count). The normalized spacial score (nSPS) is 14.4. The van der Waals surface area contributed by atoms with E-state index >= 15 is 0 Å². The van der Waals surface area contributed by atoms with Crippen LogP contribution in [-0.2, 0) is 9.53 Å².